The molecule has 5 atom stereocenters. The van der Waals surface area contributed by atoms with Crippen molar-refractivity contribution in [3.63, 3.8) is 0 Å². The standard InChI is InChI=1S/C26H39N3O5/c1-2-3-5-13-18(26(31)32)21-19-14-15-20(33-19)22(21)25-28-23(29-34-25)24(30)27-16-9-8-12-17-10-6-4-7-11-17/h2-3,17-22H,4-16H2,1H3,(H,27,30)(H,31,32)/t18-,19+,20-,21?,22-/m0/s1. The Morgan fingerprint density at radius 1 is 1.15 bits per heavy atom. The molecule has 2 saturated heterocycles. The molecule has 188 valence electrons. The van der Waals surface area contributed by atoms with Crippen molar-refractivity contribution in [3.05, 3.63) is 23.9 Å². The van der Waals surface area contributed by atoms with E-state index < -0.39 is 11.9 Å². The number of hydrogen-bond donors (Lipinski definition) is 2. The molecule has 34 heavy (non-hydrogen) atoms. The van der Waals surface area contributed by atoms with Gasteiger partial charge in [-0.15, -0.1) is 0 Å². The Bertz CT molecular complexity index is 847. The lowest BCUT2D eigenvalue weighted by Crippen LogP contribution is -2.36. The molecule has 1 aliphatic carbocycles. The molecule has 3 fully saturated rings. The highest BCUT2D eigenvalue weighted by molar-refractivity contribution is 5.90. The summed E-state index contributed by atoms with van der Waals surface area (Å²) in [6.45, 7) is 2.53. The maximum atomic E-state index is 12.6. The van der Waals surface area contributed by atoms with Crippen LogP contribution in [0.1, 0.15) is 106 Å². The lowest BCUT2D eigenvalue weighted by atomic mass is 9.71. The molecule has 2 aliphatic heterocycles. The van der Waals surface area contributed by atoms with Crippen LogP contribution < -0.4 is 5.32 Å². The quantitative estimate of drug-likeness (QED) is 0.329. The summed E-state index contributed by atoms with van der Waals surface area (Å²) in [7, 11) is 0. The fraction of sp³-hybridized carbons (Fsp3) is 0.769. The molecule has 2 bridgehead atoms. The van der Waals surface area contributed by atoms with Gasteiger partial charge in [-0.2, -0.15) is 4.98 Å². The van der Waals surface area contributed by atoms with E-state index in [1.165, 1.54) is 38.5 Å². The molecular formula is C26H39N3O5. The van der Waals surface area contributed by atoms with Gasteiger partial charge in [0.15, 0.2) is 0 Å². The number of aromatic nitrogens is 2. The Kier molecular flexibility index (Phi) is 8.75. The number of carboxylic acid groups (broad SMARTS) is 1. The molecule has 1 aromatic heterocycles. The average Bonchev–Trinajstić information content (AvgIpc) is 3.58. The summed E-state index contributed by atoms with van der Waals surface area (Å²) in [5.41, 5.74) is 0. The first-order chi connectivity index (χ1) is 16.6. The van der Waals surface area contributed by atoms with Crippen LogP contribution in [0.5, 0.6) is 0 Å². The number of nitrogens with one attached hydrogen (secondary N) is 1. The topological polar surface area (TPSA) is 115 Å². The van der Waals surface area contributed by atoms with E-state index in [1.807, 2.05) is 19.1 Å². The second kappa shape index (κ2) is 12.0. The van der Waals surface area contributed by atoms with Crippen LogP contribution in [0.25, 0.3) is 0 Å². The first-order valence-electron chi connectivity index (χ1n) is 13.2. The monoisotopic (exact) mass is 473 g/mol. The van der Waals surface area contributed by atoms with Gasteiger partial charge in [-0.3, -0.25) is 9.59 Å². The first kappa shape index (κ1) is 24.9. The molecule has 1 unspecified atom stereocenters. The molecule has 4 rings (SSSR count). The summed E-state index contributed by atoms with van der Waals surface area (Å²) in [6, 6.07) is 0. The second-order valence-corrected chi connectivity index (χ2v) is 10.2. The van der Waals surface area contributed by atoms with Gasteiger partial charge in [0.2, 0.25) is 5.89 Å². The summed E-state index contributed by atoms with van der Waals surface area (Å²) >= 11 is 0. The predicted octanol–water partition coefficient (Wildman–Crippen LogP) is 4.87. The third kappa shape index (κ3) is 5.88. The number of nitrogens with zero attached hydrogens (tertiary/aromatic N) is 2. The zero-order valence-corrected chi connectivity index (χ0v) is 20.3. The Morgan fingerprint density at radius 3 is 2.71 bits per heavy atom. The SMILES string of the molecule is CC=CCC[C@H](C(=O)O)C1[C@@H](c2nc(C(=O)NCCCCC3CCCCC3)no2)[C@@H]2CC[C@H]1O2. The molecule has 1 saturated carbocycles. The van der Waals surface area contributed by atoms with E-state index in [9.17, 15) is 14.7 Å². The van der Waals surface area contributed by atoms with Crippen molar-refractivity contribution in [3.8, 4) is 0 Å². The van der Waals surface area contributed by atoms with E-state index in [2.05, 4.69) is 15.5 Å². The fourth-order valence-electron chi connectivity index (χ4n) is 6.25. The van der Waals surface area contributed by atoms with Crippen LogP contribution in [0, 0.1) is 17.8 Å². The minimum Gasteiger partial charge on any atom is -0.481 e. The minimum absolute atomic E-state index is 0.0181. The van der Waals surface area contributed by atoms with Gasteiger partial charge in [0.25, 0.3) is 11.7 Å². The Balaban J connectivity index is 1.32. The van der Waals surface area contributed by atoms with Gasteiger partial charge in [0.1, 0.15) is 0 Å². The number of unbranched alkanes of at least 4 members (excludes halogenated alkanes) is 1. The minimum atomic E-state index is -0.818. The third-order valence-corrected chi connectivity index (χ3v) is 7.97. The highest BCUT2D eigenvalue weighted by Gasteiger charge is 2.56. The van der Waals surface area contributed by atoms with Crippen molar-refractivity contribution in [2.45, 2.75) is 102 Å². The lowest BCUT2D eigenvalue weighted by molar-refractivity contribution is -0.145. The number of carbonyl (C=O) groups is 2. The van der Waals surface area contributed by atoms with Crippen molar-refractivity contribution in [1.29, 1.82) is 0 Å². The highest BCUT2D eigenvalue weighted by Crippen LogP contribution is 2.52. The van der Waals surface area contributed by atoms with Gasteiger partial charge in [0.05, 0.1) is 24.0 Å². The number of amides is 1. The van der Waals surface area contributed by atoms with Crippen molar-refractivity contribution in [2.75, 3.05) is 6.54 Å². The summed E-state index contributed by atoms with van der Waals surface area (Å²) < 4.78 is 11.6. The summed E-state index contributed by atoms with van der Waals surface area (Å²) in [5, 5.41) is 16.8. The molecule has 1 aromatic rings. The first-order valence-corrected chi connectivity index (χ1v) is 13.2. The molecule has 8 nitrogen and oxygen atoms in total. The lowest BCUT2D eigenvalue weighted by Gasteiger charge is -2.30. The van der Waals surface area contributed by atoms with Gasteiger partial charge in [-0.25, -0.2) is 0 Å². The van der Waals surface area contributed by atoms with Gasteiger partial charge < -0.3 is 19.7 Å². The van der Waals surface area contributed by atoms with Crippen molar-refractivity contribution >= 4 is 11.9 Å². The third-order valence-electron chi connectivity index (χ3n) is 7.97. The van der Waals surface area contributed by atoms with Crippen molar-refractivity contribution in [1.82, 2.24) is 15.5 Å². The van der Waals surface area contributed by atoms with Gasteiger partial charge in [0, 0.05) is 12.5 Å². The number of carbonyl (C=O) groups excluding carboxylic acids is 1. The van der Waals surface area contributed by atoms with Gasteiger partial charge >= 0.3 is 5.97 Å². The van der Waals surface area contributed by atoms with Crippen LogP contribution in [0.3, 0.4) is 0 Å². The van der Waals surface area contributed by atoms with Crippen molar-refractivity contribution < 1.29 is 24.0 Å². The largest absolute Gasteiger partial charge is 0.481 e. The van der Waals surface area contributed by atoms with Crippen LogP contribution in [0.15, 0.2) is 16.7 Å². The van der Waals surface area contributed by atoms with Crippen LogP contribution in [-0.2, 0) is 9.53 Å². The number of carboxylic acids is 1. The average molecular weight is 474 g/mol. The van der Waals surface area contributed by atoms with Crippen LogP contribution in [0.2, 0.25) is 0 Å². The number of aliphatic carboxylic acids is 1. The normalized spacial score (nSPS) is 27.9. The second-order valence-electron chi connectivity index (χ2n) is 10.2. The number of hydrogen-bond acceptors (Lipinski definition) is 6. The molecule has 0 spiro atoms. The molecular weight excluding hydrogens is 434 g/mol. The van der Waals surface area contributed by atoms with Crippen molar-refractivity contribution in [2.24, 2.45) is 17.8 Å². The molecule has 1 amide bonds. The van der Waals surface area contributed by atoms with Crippen LogP contribution in [0.4, 0.5) is 0 Å². The smallest absolute Gasteiger partial charge is 0.306 e. The van der Waals surface area contributed by atoms with Crippen LogP contribution in [-0.4, -0.2) is 45.9 Å². The van der Waals surface area contributed by atoms with Crippen LogP contribution >= 0.6 is 0 Å². The maximum absolute atomic E-state index is 12.6. The zero-order chi connectivity index (χ0) is 23.9. The van der Waals surface area contributed by atoms with E-state index in [0.717, 1.165) is 31.6 Å². The zero-order valence-electron chi connectivity index (χ0n) is 20.3. The predicted molar refractivity (Wildman–Crippen MR) is 126 cm³/mol. The fourth-order valence-corrected chi connectivity index (χ4v) is 6.25. The Hall–Kier alpha value is -2.22. The Morgan fingerprint density at radius 2 is 1.94 bits per heavy atom. The molecule has 3 heterocycles. The number of ether oxygens (including phenoxy) is 1. The maximum Gasteiger partial charge on any atom is 0.306 e. The number of allylic oxidation sites excluding steroid dienone is 2. The van der Waals surface area contributed by atoms with Gasteiger partial charge in [-0.1, -0.05) is 62.3 Å². The van der Waals surface area contributed by atoms with Gasteiger partial charge in [-0.05, 0) is 44.9 Å². The molecule has 3 aliphatic rings. The number of fused-ring (bicyclic) bond motifs is 2. The van der Waals surface area contributed by atoms with E-state index >= 15 is 0 Å². The summed E-state index contributed by atoms with van der Waals surface area (Å²) in [5.74, 6) is -1.01. The number of rotatable bonds is 12. The molecule has 2 N–H and O–H groups in total. The van der Waals surface area contributed by atoms with E-state index in [4.69, 9.17) is 9.26 Å². The summed E-state index contributed by atoms with van der Waals surface area (Å²) in [4.78, 5) is 29.1. The molecule has 0 aromatic carbocycles. The molecule has 8 heteroatoms. The van der Waals surface area contributed by atoms with E-state index in [-0.39, 0.29) is 35.8 Å². The Labute approximate surface area is 201 Å². The summed E-state index contributed by atoms with van der Waals surface area (Å²) in [6.07, 6.45) is 16.7. The van der Waals surface area contributed by atoms with E-state index in [0.29, 0.717) is 25.3 Å². The highest BCUT2D eigenvalue weighted by atomic mass is 16.5. The van der Waals surface area contributed by atoms with E-state index in [1.54, 1.807) is 0 Å². The molecule has 0 radical (unpaired) electrons.